The van der Waals surface area contributed by atoms with Gasteiger partial charge in [-0.1, -0.05) is 6.07 Å². The van der Waals surface area contributed by atoms with Gasteiger partial charge in [-0.25, -0.2) is 9.59 Å². The van der Waals surface area contributed by atoms with Crippen molar-refractivity contribution in [2.75, 3.05) is 0 Å². The number of carboxylic acids is 2. The number of halogens is 1. The smallest absolute Gasteiger partial charge is 0.335 e. The normalized spacial score (nSPS) is 9.40. The Balaban J connectivity index is 0.00000200. The minimum absolute atomic E-state index is 0. The molecule has 2 aromatic carbocycles. The van der Waals surface area contributed by atoms with E-state index in [1.165, 1.54) is 36.4 Å². The topological polar surface area (TPSA) is 83.8 Å². The van der Waals surface area contributed by atoms with Gasteiger partial charge in [-0.05, 0) is 42.5 Å². The van der Waals surface area contributed by atoms with E-state index in [-0.39, 0.29) is 23.5 Å². The summed E-state index contributed by atoms with van der Waals surface area (Å²) in [4.78, 5) is 21.5. The molecule has 0 aliphatic rings. The zero-order chi connectivity index (χ0) is 13.8. The van der Waals surface area contributed by atoms with Crippen LogP contribution in [-0.2, 0) is 0 Å². The summed E-state index contributed by atoms with van der Waals surface area (Å²) in [5.41, 5.74) is 0.284. The van der Waals surface area contributed by atoms with Crippen molar-refractivity contribution in [3.05, 3.63) is 59.7 Å². The Kier molecular flexibility index (Phi) is 5.11. The lowest BCUT2D eigenvalue weighted by molar-refractivity contribution is 0.0685. The van der Waals surface area contributed by atoms with Crippen molar-refractivity contribution in [3.8, 4) is 11.5 Å². The van der Waals surface area contributed by atoms with Crippen LogP contribution in [-0.4, -0.2) is 22.2 Å². The van der Waals surface area contributed by atoms with E-state index in [9.17, 15) is 9.59 Å². The number of aromatic carboxylic acids is 2. The first-order valence-corrected chi connectivity index (χ1v) is 5.41. The summed E-state index contributed by atoms with van der Waals surface area (Å²) in [5, 5.41) is 17.6. The molecule has 0 atom stereocenters. The van der Waals surface area contributed by atoms with E-state index in [0.29, 0.717) is 11.5 Å². The van der Waals surface area contributed by atoms with Gasteiger partial charge in [0.15, 0.2) is 0 Å². The molecule has 0 amide bonds. The first-order valence-electron chi connectivity index (χ1n) is 5.41. The largest absolute Gasteiger partial charge is 0.478 e. The Morgan fingerprint density at radius 2 is 1.40 bits per heavy atom. The highest BCUT2D eigenvalue weighted by Gasteiger charge is 2.06. The number of benzene rings is 2. The van der Waals surface area contributed by atoms with Gasteiger partial charge >= 0.3 is 11.9 Å². The minimum Gasteiger partial charge on any atom is -0.478 e. The molecule has 0 spiro atoms. The van der Waals surface area contributed by atoms with Crippen LogP contribution in [0.25, 0.3) is 0 Å². The van der Waals surface area contributed by atoms with Crippen LogP contribution in [0.1, 0.15) is 20.7 Å². The molecule has 2 N–H and O–H groups in total. The molecule has 20 heavy (non-hydrogen) atoms. The quantitative estimate of drug-likeness (QED) is 0.904. The lowest BCUT2D eigenvalue weighted by atomic mass is 10.2. The molecule has 0 aliphatic carbocycles. The fraction of sp³-hybridized carbons (Fsp3) is 0. The van der Waals surface area contributed by atoms with Gasteiger partial charge in [0.2, 0.25) is 0 Å². The Hall–Kier alpha value is -2.53. The van der Waals surface area contributed by atoms with E-state index < -0.39 is 11.9 Å². The SMILES string of the molecule is Cl.O=C(O)c1ccc(Oc2cccc(C(=O)O)c2)cc1. The van der Waals surface area contributed by atoms with E-state index in [2.05, 4.69) is 0 Å². The van der Waals surface area contributed by atoms with Crippen molar-refractivity contribution in [1.29, 1.82) is 0 Å². The standard InChI is InChI=1S/C14H10O5.ClH/c15-13(16)9-4-6-11(7-5-9)19-12-3-1-2-10(8-12)14(17)18;/h1-8H,(H,15,16)(H,17,18);1H. The van der Waals surface area contributed by atoms with E-state index in [1.807, 2.05) is 0 Å². The zero-order valence-corrected chi connectivity index (χ0v) is 11.0. The van der Waals surface area contributed by atoms with Crippen LogP contribution in [0.5, 0.6) is 11.5 Å². The molecule has 0 heterocycles. The molecular weight excluding hydrogens is 284 g/mol. The molecule has 104 valence electrons. The third-order valence-electron chi connectivity index (χ3n) is 2.42. The third kappa shape index (κ3) is 3.73. The maximum Gasteiger partial charge on any atom is 0.335 e. The number of rotatable bonds is 4. The molecule has 0 saturated heterocycles. The Morgan fingerprint density at radius 3 is 1.95 bits per heavy atom. The molecule has 0 aromatic heterocycles. The maximum absolute atomic E-state index is 10.8. The summed E-state index contributed by atoms with van der Waals surface area (Å²) in [6.45, 7) is 0. The number of hydrogen-bond acceptors (Lipinski definition) is 3. The van der Waals surface area contributed by atoms with Crippen molar-refractivity contribution in [2.45, 2.75) is 0 Å². The predicted molar refractivity (Wildman–Crippen MR) is 74.1 cm³/mol. The van der Waals surface area contributed by atoms with Gasteiger partial charge in [-0.2, -0.15) is 0 Å². The van der Waals surface area contributed by atoms with Gasteiger partial charge in [0.05, 0.1) is 11.1 Å². The minimum atomic E-state index is -1.04. The number of hydrogen-bond donors (Lipinski definition) is 2. The van der Waals surface area contributed by atoms with Gasteiger partial charge in [0.25, 0.3) is 0 Å². The summed E-state index contributed by atoms with van der Waals surface area (Å²) in [6, 6.07) is 11.9. The molecule has 0 saturated carbocycles. The van der Waals surface area contributed by atoms with E-state index in [0.717, 1.165) is 0 Å². The molecular formula is C14H11ClO5. The van der Waals surface area contributed by atoms with Gasteiger partial charge < -0.3 is 14.9 Å². The second-order valence-electron chi connectivity index (χ2n) is 3.76. The van der Waals surface area contributed by atoms with E-state index >= 15 is 0 Å². The molecule has 5 nitrogen and oxygen atoms in total. The zero-order valence-electron chi connectivity index (χ0n) is 10.1. The molecule has 2 rings (SSSR count). The van der Waals surface area contributed by atoms with Crippen LogP contribution >= 0.6 is 12.4 Å². The Bertz CT molecular complexity index is 622. The highest BCUT2D eigenvalue weighted by atomic mass is 35.5. The third-order valence-corrected chi connectivity index (χ3v) is 2.42. The first kappa shape index (κ1) is 15.5. The number of carboxylic acid groups (broad SMARTS) is 2. The van der Waals surface area contributed by atoms with Crippen LogP contribution in [0.4, 0.5) is 0 Å². The van der Waals surface area contributed by atoms with Gasteiger partial charge in [-0.3, -0.25) is 0 Å². The molecule has 2 aromatic rings. The summed E-state index contributed by atoms with van der Waals surface area (Å²) in [6.07, 6.45) is 0. The second kappa shape index (κ2) is 6.58. The van der Waals surface area contributed by atoms with Gasteiger partial charge in [0.1, 0.15) is 11.5 Å². The number of carbonyl (C=O) groups is 2. The highest BCUT2D eigenvalue weighted by molar-refractivity contribution is 5.88. The molecule has 0 unspecified atom stereocenters. The number of ether oxygens (including phenoxy) is 1. The highest BCUT2D eigenvalue weighted by Crippen LogP contribution is 2.22. The van der Waals surface area contributed by atoms with Crippen LogP contribution in [0, 0.1) is 0 Å². The van der Waals surface area contributed by atoms with Crippen molar-refractivity contribution < 1.29 is 24.5 Å². The summed E-state index contributed by atoms with van der Waals surface area (Å²) in [5.74, 6) is -1.23. The summed E-state index contributed by atoms with van der Waals surface area (Å²) < 4.78 is 5.45. The fourth-order valence-electron chi connectivity index (χ4n) is 1.49. The van der Waals surface area contributed by atoms with Crippen molar-refractivity contribution in [3.63, 3.8) is 0 Å². The van der Waals surface area contributed by atoms with Crippen LogP contribution in [0.2, 0.25) is 0 Å². The van der Waals surface area contributed by atoms with Crippen molar-refractivity contribution >= 4 is 24.3 Å². The van der Waals surface area contributed by atoms with E-state index in [4.69, 9.17) is 14.9 Å². The monoisotopic (exact) mass is 294 g/mol. The Morgan fingerprint density at radius 1 is 0.800 bits per heavy atom. The van der Waals surface area contributed by atoms with Gasteiger partial charge in [0, 0.05) is 0 Å². The lowest BCUT2D eigenvalue weighted by Gasteiger charge is -2.06. The van der Waals surface area contributed by atoms with Gasteiger partial charge in [-0.15, -0.1) is 12.4 Å². The van der Waals surface area contributed by atoms with Crippen molar-refractivity contribution in [1.82, 2.24) is 0 Å². The maximum atomic E-state index is 10.8. The predicted octanol–water partition coefficient (Wildman–Crippen LogP) is 3.30. The molecule has 0 bridgehead atoms. The summed E-state index contributed by atoms with van der Waals surface area (Å²) >= 11 is 0. The van der Waals surface area contributed by atoms with E-state index in [1.54, 1.807) is 12.1 Å². The average Bonchev–Trinajstić information content (AvgIpc) is 2.39. The van der Waals surface area contributed by atoms with Crippen LogP contribution in [0.15, 0.2) is 48.5 Å². The molecule has 0 radical (unpaired) electrons. The lowest BCUT2D eigenvalue weighted by Crippen LogP contribution is -1.97. The van der Waals surface area contributed by atoms with Crippen LogP contribution in [0.3, 0.4) is 0 Å². The second-order valence-corrected chi connectivity index (χ2v) is 3.76. The average molecular weight is 295 g/mol. The molecule has 6 heteroatoms. The first-order chi connectivity index (χ1) is 9.06. The summed E-state index contributed by atoms with van der Waals surface area (Å²) in [7, 11) is 0. The fourth-order valence-corrected chi connectivity index (χ4v) is 1.49. The Labute approximate surface area is 120 Å². The molecule has 0 aliphatic heterocycles. The molecule has 0 fully saturated rings. The van der Waals surface area contributed by atoms with Crippen molar-refractivity contribution in [2.24, 2.45) is 0 Å². The van der Waals surface area contributed by atoms with Crippen LogP contribution < -0.4 is 4.74 Å².